The largest absolute Gasteiger partial charge is 0.492 e. The fourth-order valence-corrected chi connectivity index (χ4v) is 2.55. The Labute approximate surface area is 173 Å². The van der Waals surface area contributed by atoms with Crippen LogP contribution in [0, 0.1) is 10.1 Å². The van der Waals surface area contributed by atoms with E-state index < -0.39 is 4.92 Å². The molecule has 2 aromatic rings. The number of hydrogen-bond acceptors (Lipinski definition) is 5. The van der Waals surface area contributed by atoms with Crippen molar-refractivity contribution in [3.63, 3.8) is 0 Å². The molecule has 148 valence electrons. The first-order valence-corrected chi connectivity index (χ1v) is 9.50. The van der Waals surface area contributed by atoms with Crippen LogP contribution in [0.25, 0.3) is 0 Å². The predicted octanol–water partition coefficient (Wildman–Crippen LogP) is 4.43. The number of nitrogens with zero attached hydrogens (tertiary/aromatic N) is 2. The Hall–Kier alpha value is -2.71. The maximum absolute atomic E-state index is 10.6. The molecule has 0 saturated heterocycles. The van der Waals surface area contributed by atoms with Crippen LogP contribution in [0.4, 0.5) is 5.69 Å². The van der Waals surface area contributed by atoms with Gasteiger partial charge >= 0.3 is 0 Å². The van der Waals surface area contributed by atoms with Crippen LogP contribution in [-0.4, -0.2) is 22.9 Å². The summed E-state index contributed by atoms with van der Waals surface area (Å²) in [4.78, 5) is 10.2. The van der Waals surface area contributed by atoms with Gasteiger partial charge in [0.1, 0.15) is 5.75 Å². The van der Waals surface area contributed by atoms with Gasteiger partial charge < -0.3 is 10.1 Å². The summed E-state index contributed by atoms with van der Waals surface area (Å²) in [6.07, 6.45) is 3.58. The van der Waals surface area contributed by atoms with Gasteiger partial charge in [0.05, 0.1) is 22.8 Å². The molecule has 0 atom stereocenters. The lowest BCUT2D eigenvalue weighted by Gasteiger charge is -2.10. The third-order valence-corrected chi connectivity index (χ3v) is 4.22. The van der Waals surface area contributed by atoms with Gasteiger partial charge in [0, 0.05) is 18.7 Å². The molecule has 0 aliphatic heterocycles. The van der Waals surface area contributed by atoms with E-state index in [1.807, 2.05) is 18.2 Å². The topological polar surface area (TPSA) is 88.8 Å². The van der Waals surface area contributed by atoms with Crippen molar-refractivity contribution in [3.8, 4) is 5.75 Å². The summed E-state index contributed by atoms with van der Waals surface area (Å²) in [6.45, 7) is 3.23. The molecule has 2 N–H and O–H groups in total. The zero-order valence-corrected chi connectivity index (χ0v) is 16.9. The highest BCUT2D eigenvalue weighted by molar-refractivity contribution is 7.80. The molecular weight excluding hydrogens is 400 g/mol. The Bertz CT molecular complexity index is 844. The fraction of sp³-hybridized carbons (Fsp3) is 0.263. The van der Waals surface area contributed by atoms with Crippen LogP contribution in [0.5, 0.6) is 5.75 Å². The lowest BCUT2D eigenvalue weighted by atomic mass is 10.2. The van der Waals surface area contributed by atoms with E-state index in [1.54, 1.807) is 12.1 Å². The quantitative estimate of drug-likeness (QED) is 0.205. The van der Waals surface area contributed by atoms with Crippen LogP contribution in [0.2, 0.25) is 5.02 Å². The Morgan fingerprint density at radius 3 is 2.71 bits per heavy atom. The third-order valence-electron chi connectivity index (χ3n) is 3.69. The van der Waals surface area contributed by atoms with Gasteiger partial charge in [-0.1, -0.05) is 31.0 Å². The predicted molar refractivity (Wildman–Crippen MR) is 115 cm³/mol. The number of hydrazone groups is 1. The summed E-state index contributed by atoms with van der Waals surface area (Å²) in [6, 6.07) is 11.6. The van der Waals surface area contributed by atoms with Crippen molar-refractivity contribution >= 4 is 40.8 Å². The molecule has 0 aliphatic rings. The van der Waals surface area contributed by atoms with Crippen LogP contribution < -0.4 is 15.5 Å². The molecule has 0 aliphatic carbocycles. The minimum atomic E-state index is -0.450. The van der Waals surface area contributed by atoms with Gasteiger partial charge in [0.2, 0.25) is 0 Å². The second-order valence-corrected chi connectivity index (χ2v) is 6.68. The van der Waals surface area contributed by atoms with E-state index >= 15 is 0 Å². The second kappa shape index (κ2) is 11.2. The van der Waals surface area contributed by atoms with E-state index in [1.165, 1.54) is 18.3 Å². The van der Waals surface area contributed by atoms with Crippen molar-refractivity contribution in [2.24, 2.45) is 5.10 Å². The maximum atomic E-state index is 10.6. The molecule has 0 radical (unpaired) electrons. The van der Waals surface area contributed by atoms with E-state index in [2.05, 4.69) is 22.8 Å². The highest BCUT2D eigenvalue weighted by atomic mass is 35.5. The third kappa shape index (κ3) is 7.13. The van der Waals surface area contributed by atoms with E-state index in [0.717, 1.165) is 18.4 Å². The summed E-state index contributed by atoms with van der Waals surface area (Å²) >= 11 is 11.4. The lowest BCUT2D eigenvalue weighted by Crippen LogP contribution is -2.31. The van der Waals surface area contributed by atoms with E-state index in [0.29, 0.717) is 34.6 Å². The van der Waals surface area contributed by atoms with Crippen LogP contribution >= 0.6 is 23.8 Å². The average molecular weight is 421 g/mol. The van der Waals surface area contributed by atoms with Crippen LogP contribution in [0.15, 0.2) is 47.6 Å². The Balaban J connectivity index is 1.78. The number of ether oxygens (including phenoxy) is 1. The van der Waals surface area contributed by atoms with Gasteiger partial charge in [-0.15, -0.1) is 0 Å². The zero-order valence-electron chi connectivity index (χ0n) is 15.4. The number of benzene rings is 2. The maximum Gasteiger partial charge on any atom is 0.269 e. The summed E-state index contributed by atoms with van der Waals surface area (Å²) in [7, 11) is 0. The highest BCUT2D eigenvalue weighted by Crippen LogP contribution is 2.25. The molecule has 0 bridgehead atoms. The number of hydrogen-bond donors (Lipinski definition) is 2. The van der Waals surface area contributed by atoms with Crippen LogP contribution in [0.1, 0.15) is 30.9 Å². The first kappa shape index (κ1) is 21.6. The molecule has 0 amide bonds. The van der Waals surface area contributed by atoms with Crippen molar-refractivity contribution in [2.45, 2.75) is 26.3 Å². The summed E-state index contributed by atoms with van der Waals surface area (Å²) in [5.41, 5.74) is 4.40. The molecule has 2 aromatic carbocycles. The van der Waals surface area contributed by atoms with E-state index in [9.17, 15) is 10.1 Å². The Morgan fingerprint density at radius 1 is 1.32 bits per heavy atom. The number of nitro benzene ring substituents is 1. The molecule has 9 heteroatoms. The van der Waals surface area contributed by atoms with E-state index in [-0.39, 0.29) is 5.69 Å². The van der Waals surface area contributed by atoms with Crippen molar-refractivity contribution in [1.82, 2.24) is 10.7 Å². The zero-order chi connectivity index (χ0) is 20.4. The monoisotopic (exact) mass is 420 g/mol. The van der Waals surface area contributed by atoms with Gasteiger partial charge in [-0.05, 0) is 54.0 Å². The van der Waals surface area contributed by atoms with Gasteiger partial charge in [-0.3, -0.25) is 15.5 Å². The minimum Gasteiger partial charge on any atom is -0.492 e. The fourth-order valence-electron chi connectivity index (χ4n) is 2.17. The summed E-state index contributed by atoms with van der Waals surface area (Å²) in [5, 5.41) is 18.6. The molecule has 0 unspecified atom stereocenters. The molecule has 0 fully saturated rings. The molecule has 0 spiro atoms. The van der Waals surface area contributed by atoms with Crippen molar-refractivity contribution < 1.29 is 9.66 Å². The first-order chi connectivity index (χ1) is 13.5. The smallest absolute Gasteiger partial charge is 0.269 e. The first-order valence-electron chi connectivity index (χ1n) is 8.72. The Kier molecular flexibility index (Phi) is 8.64. The highest BCUT2D eigenvalue weighted by Gasteiger charge is 2.04. The van der Waals surface area contributed by atoms with Gasteiger partial charge in [-0.2, -0.15) is 5.10 Å². The summed E-state index contributed by atoms with van der Waals surface area (Å²) in [5.74, 6) is 0.673. The molecule has 7 nitrogen and oxygen atoms in total. The van der Waals surface area contributed by atoms with Gasteiger partial charge in [0.15, 0.2) is 5.11 Å². The van der Waals surface area contributed by atoms with Crippen molar-refractivity contribution in [1.29, 1.82) is 0 Å². The second-order valence-electron chi connectivity index (χ2n) is 5.87. The number of nitro groups is 1. The lowest BCUT2D eigenvalue weighted by molar-refractivity contribution is -0.384. The van der Waals surface area contributed by atoms with Crippen LogP contribution in [0.3, 0.4) is 0 Å². The van der Waals surface area contributed by atoms with Crippen molar-refractivity contribution in [2.75, 3.05) is 6.61 Å². The normalized spacial score (nSPS) is 10.6. The van der Waals surface area contributed by atoms with E-state index in [4.69, 9.17) is 28.6 Å². The SMILES string of the molecule is CCCCOc1ccc(CNC(=S)N/N=C\c2ccc([N+](=O)[O-])cc2)cc1Cl. The molecule has 0 heterocycles. The molecule has 0 saturated carbocycles. The number of thiocarbonyl (C=S) groups is 1. The number of rotatable bonds is 9. The van der Waals surface area contributed by atoms with Gasteiger partial charge in [-0.25, -0.2) is 0 Å². The average Bonchev–Trinajstić information content (AvgIpc) is 2.68. The number of nitrogens with one attached hydrogen (secondary N) is 2. The summed E-state index contributed by atoms with van der Waals surface area (Å²) < 4.78 is 5.63. The Morgan fingerprint density at radius 2 is 2.07 bits per heavy atom. The molecular formula is C19H21ClN4O3S. The number of non-ortho nitro benzene ring substituents is 1. The molecule has 28 heavy (non-hydrogen) atoms. The number of halogens is 1. The molecule has 0 aromatic heterocycles. The van der Waals surface area contributed by atoms with Crippen molar-refractivity contribution in [3.05, 3.63) is 68.7 Å². The standard InChI is InChI=1S/C19H21ClN4O3S/c1-2-3-10-27-18-9-6-15(11-17(18)20)12-21-19(28)23-22-13-14-4-7-16(8-5-14)24(25)26/h4-9,11,13H,2-3,10,12H2,1H3,(H2,21,23,28)/b22-13-. The molecule has 2 rings (SSSR count). The van der Waals surface area contributed by atoms with Gasteiger partial charge in [0.25, 0.3) is 5.69 Å². The minimum absolute atomic E-state index is 0.0303. The van der Waals surface area contributed by atoms with Crippen LogP contribution in [-0.2, 0) is 6.54 Å². The number of unbranched alkanes of at least 4 members (excludes halogenated alkanes) is 1.